The van der Waals surface area contributed by atoms with Crippen LogP contribution in [0.4, 0.5) is 0 Å². The van der Waals surface area contributed by atoms with Crippen molar-refractivity contribution in [2.24, 2.45) is 17.2 Å². The van der Waals surface area contributed by atoms with E-state index in [1.165, 1.54) is 0 Å². The van der Waals surface area contributed by atoms with Gasteiger partial charge in [-0.2, -0.15) is 0 Å². The topological polar surface area (TPSA) is 194 Å². The maximum atomic E-state index is 9.78. The second-order valence-electron chi connectivity index (χ2n) is 7.41. The summed E-state index contributed by atoms with van der Waals surface area (Å²) in [7, 11) is -8.55. The minimum Gasteiger partial charge on any atom is -0.390 e. The third kappa shape index (κ3) is 28.0. The Morgan fingerprint density at radius 2 is 0.595 bits per heavy atom. The Hall–Kier alpha value is 0.703. The fourth-order valence-electron chi connectivity index (χ4n) is 2.89. The van der Waals surface area contributed by atoms with E-state index < -0.39 is 26.4 Å². The van der Waals surface area contributed by atoms with Crippen LogP contribution in [0.1, 0.15) is 60.8 Å². The molecule has 0 amide bonds. The van der Waals surface area contributed by atoms with Crippen LogP contribution in [0.5, 0.6) is 0 Å². The molecule has 0 aliphatic carbocycles. The third-order valence-electron chi connectivity index (χ3n) is 4.31. The van der Waals surface area contributed by atoms with Crippen molar-refractivity contribution in [2.45, 2.75) is 78.9 Å². The van der Waals surface area contributed by atoms with Gasteiger partial charge in [0.15, 0.2) is 0 Å². The van der Waals surface area contributed by atoms with E-state index in [9.17, 15) is 14.4 Å². The maximum absolute atomic E-state index is 9.78. The minimum absolute atomic E-state index is 0. The molecule has 0 heterocycles. The van der Waals surface area contributed by atoms with Gasteiger partial charge in [0.25, 0.3) is 0 Å². The summed E-state index contributed by atoms with van der Waals surface area (Å²) in [6.45, 7) is 15.7. The van der Waals surface area contributed by atoms with E-state index >= 15 is 0 Å². The summed E-state index contributed by atoms with van der Waals surface area (Å²) in [5, 5.41) is 0. The van der Waals surface area contributed by atoms with Crippen LogP contribution < -0.4 is 17.2 Å². The molecule has 0 bridgehead atoms. The van der Waals surface area contributed by atoms with E-state index in [2.05, 4.69) is 0 Å². The summed E-state index contributed by atoms with van der Waals surface area (Å²) in [4.78, 5) is 29.3. The predicted molar refractivity (Wildman–Crippen MR) is 149 cm³/mol. The smallest absolute Gasteiger partial charge is 0.390 e. The van der Waals surface area contributed by atoms with Crippen LogP contribution >= 0.6 is 0 Å². The summed E-state index contributed by atoms with van der Waals surface area (Å²) in [6, 6.07) is 1.68. The average Bonchev–Trinajstić information content (AvgIpc) is 2.82. The summed E-state index contributed by atoms with van der Waals surface area (Å²) in [6.07, 6.45) is 2.26. The van der Waals surface area contributed by atoms with Gasteiger partial charge < -0.3 is 58.1 Å². The molecule has 0 aliphatic rings. The number of rotatable bonds is 21. The van der Waals surface area contributed by atoms with Crippen molar-refractivity contribution in [2.75, 3.05) is 59.3 Å². The number of hydrogen-bond acceptors (Lipinski definition) is 12. The third-order valence-corrected chi connectivity index (χ3v) is 11.7. The van der Waals surface area contributed by atoms with Crippen LogP contribution in [-0.2, 0) is 43.9 Å². The number of hydrogen-bond donors (Lipinski definition) is 6. The Kier molecular flexibility index (Phi) is 35.9. The minimum atomic E-state index is -2.85. The molecule has 0 aromatic carbocycles. The van der Waals surface area contributed by atoms with Crippen molar-refractivity contribution >= 4 is 26.4 Å². The van der Waals surface area contributed by atoms with E-state index in [-0.39, 0.29) is 17.4 Å². The molecular weight excluding hydrogens is 574 g/mol. The molecule has 0 atom stereocenters. The van der Waals surface area contributed by atoms with Gasteiger partial charge in [-0.3, -0.25) is 0 Å². The largest absolute Gasteiger partial charge is 0.498 e. The summed E-state index contributed by atoms with van der Waals surface area (Å²) in [5.74, 6) is 0. The van der Waals surface area contributed by atoms with Gasteiger partial charge in [0, 0.05) is 75.1 Å². The molecule has 0 aromatic rings. The van der Waals surface area contributed by atoms with Gasteiger partial charge in [-0.1, -0.05) is 0 Å². The van der Waals surface area contributed by atoms with Gasteiger partial charge in [0.05, 0.1) is 0 Å². The first kappa shape index (κ1) is 44.7. The molecule has 12 nitrogen and oxygen atoms in total. The van der Waals surface area contributed by atoms with E-state index in [0.717, 1.165) is 19.3 Å². The Morgan fingerprint density at radius 1 is 0.432 bits per heavy atom. The van der Waals surface area contributed by atoms with Crippen molar-refractivity contribution in [3.05, 3.63) is 0 Å². The molecular formula is C21H57CrN3O9Si3. The van der Waals surface area contributed by atoms with E-state index in [1.54, 1.807) is 0 Å². The van der Waals surface area contributed by atoms with Crippen molar-refractivity contribution in [3.63, 3.8) is 0 Å². The fourth-order valence-corrected chi connectivity index (χ4v) is 8.66. The fraction of sp³-hybridized carbons (Fsp3) is 1.00. The second-order valence-corrected chi connectivity index (χ2v) is 14.9. The Balaban J connectivity index is -0.000000218. The van der Waals surface area contributed by atoms with Crippen molar-refractivity contribution in [3.8, 4) is 0 Å². The summed E-state index contributed by atoms with van der Waals surface area (Å²) < 4.78 is 31.1. The Bertz CT molecular complexity index is 389. The molecule has 0 saturated heterocycles. The predicted octanol–water partition coefficient (Wildman–Crippen LogP) is 1.02. The zero-order chi connectivity index (χ0) is 28.3. The molecule has 0 unspecified atom stereocenters. The van der Waals surface area contributed by atoms with E-state index in [1.807, 2.05) is 41.5 Å². The molecule has 0 saturated carbocycles. The van der Waals surface area contributed by atoms with Crippen LogP contribution in [0.3, 0.4) is 0 Å². The molecule has 0 fully saturated rings. The van der Waals surface area contributed by atoms with Crippen LogP contribution in [0.25, 0.3) is 0 Å². The Morgan fingerprint density at radius 3 is 0.703 bits per heavy atom. The number of nitrogens with two attached hydrogens (primary N) is 3. The first-order valence-electron chi connectivity index (χ1n) is 13.2. The zero-order valence-electron chi connectivity index (χ0n) is 24.0. The molecule has 0 spiro atoms. The van der Waals surface area contributed by atoms with Gasteiger partial charge in [-0.05, 0) is 80.4 Å². The van der Waals surface area contributed by atoms with Crippen LogP contribution in [-0.4, -0.2) is 100 Å². The molecule has 37 heavy (non-hydrogen) atoms. The summed E-state index contributed by atoms with van der Waals surface area (Å²) >= 11 is 0. The van der Waals surface area contributed by atoms with E-state index in [0.29, 0.717) is 77.4 Å². The first-order valence-corrected chi connectivity index (χ1v) is 19.1. The molecule has 16 heteroatoms. The van der Waals surface area contributed by atoms with Crippen molar-refractivity contribution < 1.29 is 58.3 Å². The SMILES string of the molecule is CCO[Si](O)(CCCN)OCC.CCO[Si](O)(CCCN)OCC.CCO[Si](O)(CCCN)OCC.[Cr]. The monoisotopic (exact) mass is 631 g/mol. The molecule has 9 N–H and O–H groups in total. The van der Waals surface area contributed by atoms with Gasteiger partial charge in [0.2, 0.25) is 0 Å². The van der Waals surface area contributed by atoms with Gasteiger partial charge in [-0.15, -0.1) is 0 Å². The standard InChI is InChI=1S/3C7H19NO3Si.Cr/c3*1-3-10-12(9,11-4-2)7-5-6-8;/h3*9H,3-8H2,1-2H3;. The molecule has 0 aromatic heterocycles. The zero-order valence-corrected chi connectivity index (χ0v) is 28.3. The van der Waals surface area contributed by atoms with E-state index in [4.69, 9.17) is 43.8 Å². The van der Waals surface area contributed by atoms with Crippen LogP contribution in [0, 0.1) is 0 Å². The second kappa shape index (κ2) is 29.7. The Labute approximate surface area is 239 Å². The normalized spacial score (nSPS) is 11.7. The molecule has 0 aliphatic heterocycles. The maximum Gasteiger partial charge on any atom is 0.498 e. The van der Waals surface area contributed by atoms with Crippen LogP contribution in [0.15, 0.2) is 0 Å². The first-order chi connectivity index (χ1) is 17.0. The van der Waals surface area contributed by atoms with Gasteiger partial charge >= 0.3 is 26.4 Å². The average molecular weight is 632 g/mol. The van der Waals surface area contributed by atoms with Crippen LogP contribution in [0.2, 0.25) is 18.1 Å². The summed E-state index contributed by atoms with van der Waals surface area (Å²) in [5.41, 5.74) is 16.0. The molecule has 228 valence electrons. The molecule has 0 radical (unpaired) electrons. The van der Waals surface area contributed by atoms with Gasteiger partial charge in [-0.25, -0.2) is 0 Å². The van der Waals surface area contributed by atoms with Crippen molar-refractivity contribution in [1.82, 2.24) is 0 Å². The quantitative estimate of drug-likeness (QED) is 0.0986. The van der Waals surface area contributed by atoms with Gasteiger partial charge in [0.1, 0.15) is 0 Å². The molecule has 0 rings (SSSR count). The van der Waals surface area contributed by atoms with Crippen molar-refractivity contribution in [1.29, 1.82) is 0 Å².